The number of thiazole rings is 1. The molecule has 0 unspecified atom stereocenters. The predicted molar refractivity (Wildman–Crippen MR) is 111 cm³/mol. The number of nitrogens with zero attached hydrogens (tertiary/aromatic N) is 2. The summed E-state index contributed by atoms with van der Waals surface area (Å²) in [5, 5.41) is 6.72. The largest absolute Gasteiger partial charge is 0.455 e. The van der Waals surface area contributed by atoms with Crippen LogP contribution in [0.2, 0.25) is 0 Å². The number of halogens is 1. The molecule has 0 saturated carbocycles. The fraction of sp³-hybridized carbons (Fsp3) is 0.211. The van der Waals surface area contributed by atoms with Gasteiger partial charge in [0.25, 0.3) is 5.91 Å². The summed E-state index contributed by atoms with van der Waals surface area (Å²) in [6.45, 7) is 0.162. The molecule has 0 aliphatic rings. The molecule has 1 amide bonds. The fourth-order valence-electron chi connectivity index (χ4n) is 2.33. The molecule has 2 aromatic heterocycles. The van der Waals surface area contributed by atoms with Crippen molar-refractivity contribution in [2.45, 2.75) is 13.0 Å². The molecule has 0 atom stereocenters. The van der Waals surface area contributed by atoms with Crippen LogP contribution in [-0.4, -0.2) is 35.4 Å². The van der Waals surface area contributed by atoms with Gasteiger partial charge in [-0.1, -0.05) is 34.1 Å². The van der Waals surface area contributed by atoms with Crippen molar-refractivity contribution < 1.29 is 14.3 Å². The van der Waals surface area contributed by atoms with Crippen molar-refractivity contribution in [3.63, 3.8) is 0 Å². The average molecular weight is 465 g/mol. The molecule has 0 N–H and O–H groups in total. The van der Waals surface area contributed by atoms with Gasteiger partial charge in [-0.05, 0) is 23.1 Å². The van der Waals surface area contributed by atoms with E-state index < -0.39 is 5.97 Å². The van der Waals surface area contributed by atoms with Crippen LogP contribution in [-0.2, 0) is 27.3 Å². The Morgan fingerprint density at radius 3 is 2.78 bits per heavy atom. The molecule has 3 aromatic rings. The van der Waals surface area contributed by atoms with Crippen molar-refractivity contribution in [3.8, 4) is 10.6 Å². The first-order chi connectivity index (χ1) is 13.0. The molecule has 5 nitrogen and oxygen atoms in total. The topological polar surface area (TPSA) is 59.5 Å². The number of aromatic nitrogens is 1. The van der Waals surface area contributed by atoms with E-state index in [2.05, 4.69) is 20.9 Å². The molecule has 0 spiro atoms. The van der Waals surface area contributed by atoms with Crippen molar-refractivity contribution in [3.05, 3.63) is 62.2 Å². The normalized spacial score (nSPS) is 10.6. The second kappa shape index (κ2) is 9.25. The van der Waals surface area contributed by atoms with E-state index in [0.717, 1.165) is 20.6 Å². The van der Waals surface area contributed by atoms with E-state index in [1.165, 1.54) is 16.2 Å². The Kier molecular flexibility index (Phi) is 6.76. The van der Waals surface area contributed by atoms with Gasteiger partial charge in [-0.25, -0.2) is 4.98 Å². The number of ether oxygens (including phenoxy) is 1. The lowest BCUT2D eigenvalue weighted by molar-refractivity contribution is -0.151. The molecule has 140 valence electrons. The van der Waals surface area contributed by atoms with Gasteiger partial charge >= 0.3 is 5.97 Å². The van der Waals surface area contributed by atoms with Crippen LogP contribution in [0, 0.1) is 0 Å². The number of hydrogen-bond donors (Lipinski definition) is 0. The van der Waals surface area contributed by atoms with E-state index in [-0.39, 0.29) is 18.9 Å². The lowest BCUT2D eigenvalue weighted by atomic mass is 10.2. The minimum Gasteiger partial charge on any atom is -0.455 e. The summed E-state index contributed by atoms with van der Waals surface area (Å²) in [4.78, 5) is 30.2. The maximum Gasteiger partial charge on any atom is 0.312 e. The number of thiophene rings is 1. The first-order valence-corrected chi connectivity index (χ1v) is 10.7. The smallest absolute Gasteiger partial charge is 0.312 e. The van der Waals surface area contributed by atoms with Gasteiger partial charge in [0.05, 0.1) is 12.1 Å². The third-order valence-corrected chi connectivity index (χ3v) is 6.19. The van der Waals surface area contributed by atoms with Gasteiger partial charge in [0.1, 0.15) is 5.01 Å². The zero-order valence-corrected chi connectivity index (χ0v) is 17.8. The molecular weight excluding hydrogens is 448 g/mol. The third kappa shape index (κ3) is 5.47. The quantitative estimate of drug-likeness (QED) is 0.486. The van der Waals surface area contributed by atoms with Crippen LogP contribution < -0.4 is 0 Å². The van der Waals surface area contributed by atoms with Gasteiger partial charge in [-0.15, -0.1) is 11.3 Å². The highest BCUT2D eigenvalue weighted by molar-refractivity contribution is 9.10. The van der Waals surface area contributed by atoms with Crippen molar-refractivity contribution in [1.82, 2.24) is 9.88 Å². The summed E-state index contributed by atoms with van der Waals surface area (Å²) in [6, 6.07) is 9.68. The molecule has 3 rings (SSSR count). The van der Waals surface area contributed by atoms with Crippen LogP contribution in [0.15, 0.2) is 50.9 Å². The van der Waals surface area contributed by atoms with Crippen LogP contribution >= 0.6 is 38.6 Å². The van der Waals surface area contributed by atoms with Gasteiger partial charge in [0.2, 0.25) is 0 Å². The minimum absolute atomic E-state index is 0.0574. The van der Waals surface area contributed by atoms with Gasteiger partial charge in [-0.3, -0.25) is 9.59 Å². The summed E-state index contributed by atoms with van der Waals surface area (Å²) in [7, 11) is 1.68. The highest BCUT2D eigenvalue weighted by Gasteiger charge is 2.15. The highest BCUT2D eigenvalue weighted by atomic mass is 79.9. The SMILES string of the molecule is CN(Cc1ccccc1Br)C(=O)COC(=O)Cc1csc(-c2ccsc2)n1. The summed E-state index contributed by atoms with van der Waals surface area (Å²) in [6.07, 6.45) is 0.0574. The highest BCUT2D eigenvalue weighted by Crippen LogP contribution is 2.25. The lowest BCUT2D eigenvalue weighted by Gasteiger charge is -2.18. The van der Waals surface area contributed by atoms with E-state index in [0.29, 0.717) is 12.2 Å². The van der Waals surface area contributed by atoms with Crippen LogP contribution in [0.5, 0.6) is 0 Å². The molecule has 0 aliphatic carbocycles. The molecular formula is C19H17BrN2O3S2. The van der Waals surface area contributed by atoms with Gasteiger partial charge in [0, 0.05) is 34.4 Å². The second-order valence-electron chi connectivity index (χ2n) is 5.83. The minimum atomic E-state index is -0.459. The molecule has 0 saturated heterocycles. The molecule has 0 fully saturated rings. The Morgan fingerprint density at radius 2 is 2.04 bits per heavy atom. The fourth-order valence-corrected chi connectivity index (χ4v) is 4.27. The predicted octanol–water partition coefficient (Wildman–Crippen LogP) is 4.38. The number of benzene rings is 1. The van der Waals surface area contributed by atoms with E-state index >= 15 is 0 Å². The summed E-state index contributed by atoms with van der Waals surface area (Å²) < 4.78 is 6.06. The number of carbonyl (C=O) groups excluding carboxylic acids is 2. The Bertz CT molecular complexity index is 925. The van der Waals surface area contributed by atoms with E-state index in [1.807, 2.05) is 46.5 Å². The van der Waals surface area contributed by atoms with Crippen molar-refractivity contribution in [2.24, 2.45) is 0 Å². The Hall–Kier alpha value is -2.03. The zero-order chi connectivity index (χ0) is 19.2. The molecule has 8 heteroatoms. The molecule has 2 heterocycles. The summed E-state index contributed by atoms with van der Waals surface area (Å²) in [5.41, 5.74) is 2.69. The lowest BCUT2D eigenvalue weighted by Crippen LogP contribution is -2.31. The number of rotatable bonds is 7. The summed E-state index contributed by atoms with van der Waals surface area (Å²) >= 11 is 6.55. The maximum absolute atomic E-state index is 12.2. The Morgan fingerprint density at radius 1 is 1.22 bits per heavy atom. The molecule has 1 aromatic carbocycles. The van der Waals surface area contributed by atoms with Crippen LogP contribution in [0.1, 0.15) is 11.3 Å². The first kappa shape index (κ1) is 19.7. The average Bonchev–Trinajstić information content (AvgIpc) is 3.33. The molecule has 27 heavy (non-hydrogen) atoms. The van der Waals surface area contributed by atoms with Crippen molar-refractivity contribution >= 4 is 50.5 Å². The van der Waals surface area contributed by atoms with Gasteiger partial charge in [0.15, 0.2) is 6.61 Å². The number of carbonyl (C=O) groups is 2. The number of esters is 1. The van der Waals surface area contributed by atoms with Crippen molar-refractivity contribution in [1.29, 1.82) is 0 Å². The maximum atomic E-state index is 12.2. The molecule has 0 radical (unpaired) electrons. The number of likely N-dealkylation sites (N-methyl/N-ethyl adjacent to an activating group) is 1. The van der Waals surface area contributed by atoms with Gasteiger partial charge in [-0.2, -0.15) is 11.3 Å². The molecule has 0 bridgehead atoms. The Labute approximate surface area is 173 Å². The number of hydrogen-bond acceptors (Lipinski definition) is 6. The van der Waals surface area contributed by atoms with Crippen LogP contribution in [0.4, 0.5) is 0 Å². The second-order valence-corrected chi connectivity index (χ2v) is 8.33. The van der Waals surface area contributed by atoms with E-state index in [1.54, 1.807) is 18.4 Å². The van der Waals surface area contributed by atoms with Crippen LogP contribution in [0.3, 0.4) is 0 Å². The van der Waals surface area contributed by atoms with Crippen LogP contribution in [0.25, 0.3) is 10.6 Å². The number of amides is 1. The van der Waals surface area contributed by atoms with Gasteiger partial charge < -0.3 is 9.64 Å². The van der Waals surface area contributed by atoms with E-state index in [9.17, 15) is 9.59 Å². The van der Waals surface area contributed by atoms with Crippen molar-refractivity contribution in [2.75, 3.05) is 13.7 Å². The van der Waals surface area contributed by atoms with E-state index in [4.69, 9.17) is 4.74 Å². The standard InChI is InChI=1S/C19H17BrN2O3S2/c1-22(9-13-4-2-3-5-16(13)20)17(23)10-25-18(24)8-15-12-27-19(21-15)14-6-7-26-11-14/h2-7,11-12H,8-10H2,1H3. The first-order valence-electron chi connectivity index (χ1n) is 8.13. The zero-order valence-electron chi connectivity index (χ0n) is 14.6. The third-order valence-electron chi connectivity index (χ3n) is 3.79. The summed E-state index contributed by atoms with van der Waals surface area (Å²) in [5.74, 6) is -0.712. The Balaban J connectivity index is 1.47. The molecule has 0 aliphatic heterocycles. The monoisotopic (exact) mass is 464 g/mol.